The number of nitrogens with zero attached hydrogens (tertiary/aromatic N) is 2. The highest BCUT2D eigenvalue weighted by molar-refractivity contribution is 5.85. The van der Waals surface area contributed by atoms with E-state index in [1.54, 1.807) is 10.9 Å². The first-order valence-electron chi connectivity index (χ1n) is 4.90. The number of nitrogens with two attached hydrogens (primary N) is 1. The van der Waals surface area contributed by atoms with Gasteiger partial charge in [-0.1, -0.05) is 0 Å². The quantitative estimate of drug-likeness (QED) is 0.871. The summed E-state index contributed by atoms with van der Waals surface area (Å²) >= 11 is 0. The second-order valence-electron chi connectivity index (χ2n) is 3.62. The molecule has 1 aromatic rings. The maximum Gasteiger partial charge on any atom is 0.171 e. The van der Waals surface area contributed by atoms with Gasteiger partial charge in [-0.25, -0.2) is 0 Å². The van der Waals surface area contributed by atoms with Gasteiger partial charge in [0.2, 0.25) is 0 Å². The molecule has 1 aliphatic heterocycles. The lowest BCUT2D eigenvalue weighted by Gasteiger charge is -2.09. The van der Waals surface area contributed by atoms with Gasteiger partial charge in [0.05, 0.1) is 11.8 Å². The molecule has 1 unspecified atom stereocenters. The van der Waals surface area contributed by atoms with Crippen molar-refractivity contribution < 1.29 is 4.74 Å². The zero-order chi connectivity index (χ0) is 9.97. The molecule has 94 valence electrons. The van der Waals surface area contributed by atoms with Crippen molar-refractivity contribution in [2.45, 2.75) is 18.9 Å². The minimum absolute atomic E-state index is 0. The van der Waals surface area contributed by atoms with Crippen molar-refractivity contribution in [2.24, 2.45) is 7.05 Å². The Morgan fingerprint density at radius 3 is 2.88 bits per heavy atom. The first-order valence-corrected chi connectivity index (χ1v) is 4.90. The summed E-state index contributed by atoms with van der Waals surface area (Å²) in [5, 5.41) is 7.39. The molecule has 0 amide bonds. The van der Waals surface area contributed by atoms with Gasteiger partial charge < -0.3 is 15.8 Å². The Kier molecular flexibility index (Phi) is 6.55. The number of hydrogen-bond acceptors (Lipinski definition) is 4. The molecule has 3 N–H and O–H groups in total. The summed E-state index contributed by atoms with van der Waals surface area (Å²) in [6.45, 7) is 1.67. The predicted octanol–water partition coefficient (Wildman–Crippen LogP) is 1.44. The Morgan fingerprint density at radius 1 is 1.62 bits per heavy atom. The van der Waals surface area contributed by atoms with Crippen molar-refractivity contribution >= 4 is 36.3 Å². The zero-order valence-electron chi connectivity index (χ0n) is 9.18. The Balaban J connectivity index is 0.00000112. The smallest absolute Gasteiger partial charge is 0.171 e. The van der Waals surface area contributed by atoms with Gasteiger partial charge in [0.25, 0.3) is 0 Å². The molecule has 1 aliphatic rings. The van der Waals surface area contributed by atoms with Crippen LogP contribution in [0.3, 0.4) is 0 Å². The molecule has 0 aliphatic carbocycles. The lowest BCUT2D eigenvalue weighted by molar-refractivity contribution is 0.120. The van der Waals surface area contributed by atoms with E-state index in [1.165, 1.54) is 0 Å². The third kappa shape index (κ3) is 3.73. The van der Waals surface area contributed by atoms with Crippen molar-refractivity contribution in [3.63, 3.8) is 0 Å². The fourth-order valence-corrected chi connectivity index (χ4v) is 1.66. The molecule has 1 saturated heterocycles. The molecule has 5 nitrogen and oxygen atoms in total. The van der Waals surface area contributed by atoms with E-state index in [2.05, 4.69) is 10.4 Å². The van der Waals surface area contributed by atoms with Crippen molar-refractivity contribution in [3.05, 3.63) is 6.20 Å². The topological polar surface area (TPSA) is 65.1 Å². The number of anilines is 2. The summed E-state index contributed by atoms with van der Waals surface area (Å²) in [6.07, 6.45) is 4.39. The lowest BCUT2D eigenvalue weighted by Crippen LogP contribution is -2.19. The van der Waals surface area contributed by atoms with Crippen molar-refractivity contribution in [3.8, 4) is 0 Å². The lowest BCUT2D eigenvalue weighted by atomic mass is 10.2. The predicted molar refractivity (Wildman–Crippen MR) is 69.6 cm³/mol. The summed E-state index contributed by atoms with van der Waals surface area (Å²) in [4.78, 5) is 0. The van der Waals surface area contributed by atoms with Crippen LogP contribution >= 0.6 is 24.8 Å². The number of nitrogens with one attached hydrogen (secondary N) is 1. The van der Waals surface area contributed by atoms with Gasteiger partial charge >= 0.3 is 0 Å². The number of ether oxygens (including phenoxy) is 1. The molecule has 16 heavy (non-hydrogen) atoms. The fraction of sp³-hybridized carbons (Fsp3) is 0.667. The number of aromatic nitrogens is 2. The van der Waals surface area contributed by atoms with Gasteiger partial charge in [-0.15, -0.1) is 24.8 Å². The van der Waals surface area contributed by atoms with Crippen LogP contribution in [-0.4, -0.2) is 29.0 Å². The van der Waals surface area contributed by atoms with Crippen LogP contribution in [0.15, 0.2) is 6.20 Å². The maximum absolute atomic E-state index is 5.74. The second-order valence-corrected chi connectivity index (χ2v) is 3.62. The molecule has 0 bridgehead atoms. The highest BCUT2D eigenvalue weighted by Gasteiger charge is 2.15. The normalized spacial score (nSPS) is 18.7. The summed E-state index contributed by atoms with van der Waals surface area (Å²) in [5.74, 6) is 0.753. The summed E-state index contributed by atoms with van der Waals surface area (Å²) in [6, 6.07) is 0. The third-order valence-corrected chi connectivity index (χ3v) is 2.38. The number of hydrogen-bond donors (Lipinski definition) is 2. The van der Waals surface area contributed by atoms with E-state index in [0.29, 0.717) is 11.8 Å². The highest BCUT2D eigenvalue weighted by Crippen LogP contribution is 2.17. The van der Waals surface area contributed by atoms with E-state index in [4.69, 9.17) is 10.5 Å². The minimum atomic E-state index is 0. The highest BCUT2D eigenvalue weighted by atomic mass is 35.5. The molecular weight excluding hydrogens is 251 g/mol. The molecule has 0 aromatic carbocycles. The van der Waals surface area contributed by atoms with E-state index in [1.807, 2.05) is 7.05 Å². The van der Waals surface area contributed by atoms with Crippen LogP contribution in [0.5, 0.6) is 0 Å². The Hall–Kier alpha value is -0.650. The molecule has 1 aromatic heterocycles. The van der Waals surface area contributed by atoms with Crippen molar-refractivity contribution in [1.29, 1.82) is 0 Å². The van der Waals surface area contributed by atoms with E-state index in [9.17, 15) is 0 Å². The van der Waals surface area contributed by atoms with E-state index < -0.39 is 0 Å². The standard InChI is InChI=1S/C9H16N4O.2ClH/c1-13-6-8(10)9(12-13)11-5-7-3-2-4-14-7;;/h6-7H,2-5,10H2,1H3,(H,11,12);2*1H. The van der Waals surface area contributed by atoms with E-state index >= 15 is 0 Å². The van der Waals surface area contributed by atoms with Crippen LogP contribution in [0.1, 0.15) is 12.8 Å². The zero-order valence-corrected chi connectivity index (χ0v) is 10.8. The molecule has 7 heteroatoms. The van der Waals surface area contributed by atoms with Gasteiger partial charge in [-0.05, 0) is 12.8 Å². The van der Waals surface area contributed by atoms with Crippen LogP contribution in [0.25, 0.3) is 0 Å². The average Bonchev–Trinajstić information content (AvgIpc) is 2.72. The second kappa shape index (κ2) is 6.83. The van der Waals surface area contributed by atoms with Crippen molar-refractivity contribution in [1.82, 2.24) is 9.78 Å². The number of halogens is 2. The summed E-state index contributed by atoms with van der Waals surface area (Å²) in [5.41, 5.74) is 6.43. The first-order chi connectivity index (χ1) is 6.75. The SMILES string of the molecule is Cl.Cl.Cn1cc(N)c(NCC2CCCO2)n1. The van der Waals surface area contributed by atoms with Crippen LogP contribution in [0.4, 0.5) is 11.5 Å². The number of rotatable bonds is 3. The molecule has 1 atom stereocenters. The molecule has 0 saturated carbocycles. The Labute approximate surface area is 108 Å². The maximum atomic E-state index is 5.74. The van der Waals surface area contributed by atoms with Crippen LogP contribution < -0.4 is 11.1 Å². The van der Waals surface area contributed by atoms with Crippen molar-refractivity contribution in [2.75, 3.05) is 24.2 Å². The molecular formula is C9H18Cl2N4O. The van der Waals surface area contributed by atoms with Crippen LogP contribution in [0, 0.1) is 0 Å². The fourth-order valence-electron chi connectivity index (χ4n) is 1.66. The van der Waals surface area contributed by atoms with Gasteiger partial charge in [0, 0.05) is 26.4 Å². The van der Waals surface area contributed by atoms with Gasteiger partial charge in [0.15, 0.2) is 5.82 Å². The van der Waals surface area contributed by atoms with E-state index in [0.717, 1.165) is 31.8 Å². The van der Waals surface area contributed by atoms with Gasteiger partial charge in [0.1, 0.15) is 0 Å². The monoisotopic (exact) mass is 268 g/mol. The Bertz CT molecular complexity index is 312. The molecule has 0 spiro atoms. The van der Waals surface area contributed by atoms with Gasteiger partial charge in [-0.3, -0.25) is 4.68 Å². The van der Waals surface area contributed by atoms with Crippen LogP contribution in [-0.2, 0) is 11.8 Å². The molecule has 1 fully saturated rings. The molecule has 2 rings (SSSR count). The van der Waals surface area contributed by atoms with Crippen LogP contribution in [0.2, 0.25) is 0 Å². The number of nitrogen functional groups attached to an aromatic ring is 1. The average molecular weight is 269 g/mol. The largest absolute Gasteiger partial charge is 0.394 e. The number of aryl methyl sites for hydroxylation is 1. The third-order valence-electron chi connectivity index (χ3n) is 2.38. The summed E-state index contributed by atoms with van der Waals surface area (Å²) < 4.78 is 7.18. The minimum Gasteiger partial charge on any atom is -0.394 e. The first kappa shape index (κ1) is 15.3. The Morgan fingerprint density at radius 2 is 2.38 bits per heavy atom. The van der Waals surface area contributed by atoms with E-state index in [-0.39, 0.29) is 24.8 Å². The molecule has 2 heterocycles. The summed E-state index contributed by atoms with van der Waals surface area (Å²) in [7, 11) is 1.85. The molecule has 0 radical (unpaired) electrons. The van der Waals surface area contributed by atoms with Gasteiger partial charge in [-0.2, -0.15) is 5.10 Å².